The molecule has 0 aromatic heterocycles. The third-order valence-electron chi connectivity index (χ3n) is 9.54. The highest BCUT2D eigenvalue weighted by Gasteiger charge is 2.52. The molecule has 2 fully saturated rings. The Labute approximate surface area is 191 Å². The van der Waals surface area contributed by atoms with Gasteiger partial charge in [-0.05, 0) is 109 Å². The molecule has 0 spiro atoms. The van der Waals surface area contributed by atoms with Gasteiger partial charge in [0, 0.05) is 6.08 Å². The van der Waals surface area contributed by atoms with Crippen LogP contribution in [0.1, 0.15) is 89.3 Å². The molecule has 3 aliphatic carbocycles. The zero-order valence-corrected chi connectivity index (χ0v) is 21.8. The van der Waals surface area contributed by atoms with Crippen molar-refractivity contribution in [3.8, 4) is 11.8 Å². The lowest BCUT2D eigenvalue weighted by Gasteiger charge is -2.49. The second-order valence-corrected chi connectivity index (χ2v) is 16.8. The van der Waals surface area contributed by atoms with Crippen LogP contribution in [0.25, 0.3) is 0 Å². The summed E-state index contributed by atoms with van der Waals surface area (Å²) in [6.45, 7) is 16.4. The van der Waals surface area contributed by atoms with Gasteiger partial charge in [0.2, 0.25) is 8.32 Å². The number of allylic oxidation sites excluding steroid dienone is 2. The molecule has 4 atom stereocenters. The molecule has 0 saturated heterocycles. The SMILES string of the molecule is CCc1cc2c(cc1O[Si](C)(C)C(C)(C)C)CCC1C2CC[C@]2(C)C(=CC#N)CCC12. The van der Waals surface area contributed by atoms with Gasteiger partial charge < -0.3 is 4.43 Å². The summed E-state index contributed by atoms with van der Waals surface area (Å²) in [4.78, 5) is 0. The molecule has 2 nitrogen and oxygen atoms in total. The minimum absolute atomic E-state index is 0.212. The molecule has 2 saturated carbocycles. The van der Waals surface area contributed by atoms with Crippen LogP contribution in [0, 0.1) is 28.6 Å². The first-order chi connectivity index (χ1) is 14.5. The van der Waals surface area contributed by atoms with E-state index in [1.54, 1.807) is 11.1 Å². The Morgan fingerprint density at radius 1 is 1.19 bits per heavy atom. The highest BCUT2D eigenvalue weighted by Crippen LogP contribution is 2.63. The lowest BCUT2D eigenvalue weighted by molar-refractivity contribution is 0.0814. The first kappa shape index (κ1) is 22.7. The molecule has 0 amide bonds. The summed E-state index contributed by atoms with van der Waals surface area (Å²) in [6, 6.07) is 7.28. The average molecular weight is 436 g/mol. The number of fused-ring (bicyclic) bond motifs is 5. The summed E-state index contributed by atoms with van der Waals surface area (Å²) in [5, 5.41) is 9.49. The van der Waals surface area contributed by atoms with Gasteiger partial charge in [-0.25, -0.2) is 0 Å². The summed E-state index contributed by atoms with van der Waals surface area (Å²) in [7, 11) is -1.85. The molecule has 1 aromatic carbocycles. The van der Waals surface area contributed by atoms with Crippen molar-refractivity contribution in [3.63, 3.8) is 0 Å². The molecule has 0 aliphatic heterocycles. The number of hydrogen-bond acceptors (Lipinski definition) is 2. The van der Waals surface area contributed by atoms with E-state index in [1.807, 2.05) is 6.08 Å². The number of aryl methyl sites for hydroxylation is 2. The van der Waals surface area contributed by atoms with Crippen LogP contribution >= 0.6 is 0 Å². The summed E-state index contributed by atoms with van der Waals surface area (Å²) >= 11 is 0. The van der Waals surface area contributed by atoms with Crippen LogP contribution in [0.3, 0.4) is 0 Å². The molecule has 1 aromatic rings. The molecule has 0 bridgehead atoms. The molecule has 3 unspecified atom stereocenters. The van der Waals surface area contributed by atoms with Crippen molar-refractivity contribution in [2.45, 2.75) is 104 Å². The van der Waals surface area contributed by atoms with Crippen molar-refractivity contribution >= 4 is 8.32 Å². The third-order valence-corrected chi connectivity index (χ3v) is 13.9. The van der Waals surface area contributed by atoms with Gasteiger partial charge in [0.1, 0.15) is 5.75 Å². The molecule has 0 heterocycles. The quantitative estimate of drug-likeness (QED) is 0.356. The Bertz CT molecular complexity index is 932. The third kappa shape index (κ3) is 3.69. The van der Waals surface area contributed by atoms with E-state index in [0.29, 0.717) is 5.92 Å². The van der Waals surface area contributed by atoms with E-state index >= 15 is 0 Å². The van der Waals surface area contributed by atoms with Crippen LogP contribution in [0.4, 0.5) is 0 Å². The number of nitriles is 1. The standard InChI is InChI=1S/C28H41NOSi/c1-8-19-17-24-20(18-26(19)30-31(6,7)27(2,3)4)9-11-23-22(24)13-15-28(5)21(14-16-29)10-12-25(23)28/h14,17-18,22-23,25H,8-13,15H2,1-7H3/t22?,23?,25?,28-/m1/s1. The van der Waals surface area contributed by atoms with Gasteiger partial charge in [-0.1, -0.05) is 46.3 Å². The Morgan fingerprint density at radius 2 is 1.94 bits per heavy atom. The van der Waals surface area contributed by atoms with Crippen molar-refractivity contribution in [3.05, 3.63) is 40.5 Å². The van der Waals surface area contributed by atoms with Crippen LogP contribution in [0.5, 0.6) is 5.75 Å². The van der Waals surface area contributed by atoms with Gasteiger partial charge in [-0.3, -0.25) is 0 Å². The first-order valence-electron chi connectivity index (χ1n) is 12.5. The van der Waals surface area contributed by atoms with Crippen LogP contribution in [0.2, 0.25) is 18.1 Å². The van der Waals surface area contributed by atoms with Gasteiger partial charge in [0.15, 0.2) is 0 Å². The minimum Gasteiger partial charge on any atom is -0.543 e. The van der Waals surface area contributed by atoms with Crippen LogP contribution in [-0.4, -0.2) is 8.32 Å². The number of rotatable bonds is 3. The lowest BCUT2D eigenvalue weighted by atomic mass is 9.55. The molecule has 31 heavy (non-hydrogen) atoms. The van der Waals surface area contributed by atoms with Crippen molar-refractivity contribution in [1.82, 2.24) is 0 Å². The van der Waals surface area contributed by atoms with Gasteiger partial charge in [-0.2, -0.15) is 5.26 Å². The van der Waals surface area contributed by atoms with E-state index in [4.69, 9.17) is 4.43 Å². The van der Waals surface area contributed by atoms with E-state index < -0.39 is 8.32 Å². The predicted octanol–water partition coefficient (Wildman–Crippen LogP) is 7.94. The molecule has 168 valence electrons. The second kappa shape index (κ2) is 7.80. The largest absolute Gasteiger partial charge is 0.543 e. The van der Waals surface area contributed by atoms with Gasteiger partial charge in [-0.15, -0.1) is 0 Å². The fourth-order valence-corrected chi connectivity index (χ4v) is 7.65. The fraction of sp³-hybridized carbons (Fsp3) is 0.679. The van der Waals surface area contributed by atoms with Crippen LogP contribution in [0.15, 0.2) is 23.8 Å². The lowest BCUT2D eigenvalue weighted by Crippen LogP contribution is -2.44. The van der Waals surface area contributed by atoms with Gasteiger partial charge >= 0.3 is 0 Å². The Morgan fingerprint density at radius 3 is 2.58 bits per heavy atom. The zero-order valence-electron chi connectivity index (χ0n) is 20.8. The first-order valence-corrected chi connectivity index (χ1v) is 15.4. The fourth-order valence-electron chi connectivity index (χ4n) is 6.61. The second-order valence-electron chi connectivity index (χ2n) is 12.1. The zero-order chi connectivity index (χ0) is 22.6. The molecular formula is C28H41NOSi. The maximum absolute atomic E-state index is 9.27. The number of nitrogens with zero attached hydrogens (tertiary/aromatic N) is 1. The molecule has 3 heteroatoms. The van der Waals surface area contributed by atoms with Crippen molar-refractivity contribution in [2.75, 3.05) is 0 Å². The molecule has 0 radical (unpaired) electrons. The van der Waals surface area contributed by atoms with Crippen LogP contribution < -0.4 is 4.43 Å². The van der Waals surface area contributed by atoms with Gasteiger partial charge in [0.25, 0.3) is 0 Å². The normalized spacial score (nSPS) is 31.5. The predicted molar refractivity (Wildman–Crippen MR) is 132 cm³/mol. The Hall–Kier alpha value is -1.53. The monoisotopic (exact) mass is 435 g/mol. The average Bonchev–Trinajstić information content (AvgIpc) is 3.03. The summed E-state index contributed by atoms with van der Waals surface area (Å²) in [6.07, 6.45) is 10.3. The van der Waals surface area contributed by atoms with E-state index in [0.717, 1.165) is 30.4 Å². The van der Waals surface area contributed by atoms with Crippen molar-refractivity contribution < 1.29 is 4.43 Å². The highest BCUT2D eigenvalue weighted by atomic mass is 28.4. The molecular weight excluding hydrogens is 394 g/mol. The topological polar surface area (TPSA) is 33.0 Å². The van der Waals surface area contributed by atoms with E-state index in [-0.39, 0.29) is 10.5 Å². The Kier molecular flexibility index (Phi) is 5.70. The summed E-state index contributed by atoms with van der Waals surface area (Å²) in [5.74, 6) is 3.36. The smallest absolute Gasteiger partial charge is 0.250 e. The number of benzene rings is 1. The maximum atomic E-state index is 9.27. The van der Waals surface area contributed by atoms with E-state index in [9.17, 15) is 5.26 Å². The van der Waals surface area contributed by atoms with E-state index in [2.05, 4.69) is 65.9 Å². The maximum Gasteiger partial charge on any atom is 0.250 e. The Balaban J connectivity index is 1.67. The summed E-state index contributed by atoms with van der Waals surface area (Å²) < 4.78 is 6.82. The van der Waals surface area contributed by atoms with Crippen molar-refractivity contribution in [1.29, 1.82) is 5.26 Å². The molecule has 3 aliphatic rings. The minimum atomic E-state index is -1.85. The molecule has 0 N–H and O–H groups in total. The van der Waals surface area contributed by atoms with Crippen LogP contribution in [-0.2, 0) is 12.8 Å². The van der Waals surface area contributed by atoms with Gasteiger partial charge in [0.05, 0.1) is 6.07 Å². The molecule has 4 rings (SSSR count). The number of hydrogen-bond donors (Lipinski definition) is 0. The van der Waals surface area contributed by atoms with Crippen molar-refractivity contribution in [2.24, 2.45) is 17.3 Å². The highest BCUT2D eigenvalue weighted by molar-refractivity contribution is 6.74. The van der Waals surface area contributed by atoms with E-state index in [1.165, 1.54) is 43.2 Å². The summed E-state index contributed by atoms with van der Waals surface area (Å²) in [5.41, 5.74) is 6.25.